The quantitative estimate of drug-likeness (QED) is 0.515. The van der Waals surface area contributed by atoms with Crippen molar-refractivity contribution in [2.45, 2.75) is 57.4 Å². The van der Waals surface area contributed by atoms with Crippen molar-refractivity contribution in [2.75, 3.05) is 12.3 Å². The molecule has 2 heteroatoms. The molecule has 0 aromatic heterocycles. The summed E-state index contributed by atoms with van der Waals surface area (Å²) in [5.74, 6) is 1.15. The van der Waals surface area contributed by atoms with Gasteiger partial charge in [-0.1, -0.05) is 43.9 Å². The highest BCUT2D eigenvalue weighted by Gasteiger charge is 2.00. The molecule has 0 saturated carbocycles. The lowest BCUT2D eigenvalue weighted by Gasteiger charge is -2.13. The van der Waals surface area contributed by atoms with Crippen LogP contribution < -0.4 is 5.32 Å². The van der Waals surface area contributed by atoms with E-state index in [2.05, 4.69) is 50.4 Å². The Balaban J connectivity index is 2.05. The molecule has 0 aliphatic heterocycles. The molecular formula is C16H27NS. The first-order chi connectivity index (χ1) is 8.72. The third-order valence-electron chi connectivity index (χ3n) is 3.13. The van der Waals surface area contributed by atoms with Crippen molar-refractivity contribution in [1.82, 2.24) is 5.32 Å². The average Bonchev–Trinajstić information content (AvgIpc) is 2.37. The van der Waals surface area contributed by atoms with Gasteiger partial charge in [-0.05, 0) is 32.4 Å². The van der Waals surface area contributed by atoms with Gasteiger partial charge in [-0.15, -0.1) is 11.8 Å². The zero-order valence-electron chi connectivity index (χ0n) is 12.0. The molecule has 0 aliphatic rings. The highest BCUT2D eigenvalue weighted by molar-refractivity contribution is 7.99. The first-order valence-electron chi connectivity index (χ1n) is 7.15. The lowest BCUT2D eigenvalue weighted by Crippen LogP contribution is -2.28. The number of aryl methyl sites for hydroxylation is 1. The van der Waals surface area contributed by atoms with E-state index in [1.54, 1.807) is 0 Å². The molecule has 0 amide bonds. The number of hydrogen-bond acceptors (Lipinski definition) is 2. The van der Waals surface area contributed by atoms with E-state index in [9.17, 15) is 0 Å². The van der Waals surface area contributed by atoms with Crippen molar-refractivity contribution >= 4 is 11.8 Å². The molecule has 0 saturated heterocycles. The summed E-state index contributed by atoms with van der Waals surface area (Å²) in [5, 5.41) is 3.60. The topological polar surface area (TPSA) is 12.0 Å². The van der Waals surface area contributed by atoms with Gasteiger partial charge in [0.2, 0.25) is 0 Å². The Labute approximate surface area is 117 Å². The van der Waals surface area contributed by atoms with Crippen LogP contribution >= 0.6 is 11.8 Å². The summed E-state index contributed by atoms with van der Waals surface area (Å²) in [5.41, 5.74) is 1.34. The van der Waals surface area contributed by atoms with Gasteiger partial charge in [-0.3, -0.25) is 0 Å². The minimum absolute atomic E-state index is 0.662. The molecule has 0 spiro atoms. The average molecular weight is 265 g/mol. The zero-order chi connectivity index (χ0) is 13.2. The van der Waals surface area contributed by atoms with Gasteiger partial charge in [0.15, 0.2) is 0 Å². The van der Waals surface area contributed by atoms with Crippen molar-refractivity contribution in [1.29, 1.82) is 0 Å². The minimum atomic E-state index is 0.662. The van der Waals surface area contributed by atoms with Gasteiger partial charge in [-0.2, -0.15) is 0 Å². The second-order valence-electron chi connectivity index (χ2n) is 5.01. The Hall–Kier alpha value is -0.470. The molecule has 0 aliphatic carbocycles. The summed E-state index contributed by atoms with van der Waals surface area (Å²) in [4.78, 5) is 1.38. The third-order valence-corrected chi connectivity index (χ3v) is 4.14. The van der Waals surface area contributed by atoms with E-state index in [4.69, 9.17) is 0 Å². The number of thioether (sulfide) groups is 1. The Morgan fingerprint density at radius 1 is 1.17 bits per heavy atom. The summed E-state index contributed by atoms with van der Waals surface area (Å²) in [6.45, 7) is 7.79. The smallest absolute Gasteiger partial charge is 0.0106 e. The number of rotatable bonds is 9. The van der Waals surface area contributed by atoms with Crippen LogP contribution in [0.4, 0.5) is 0 Å². The predicted octanol–water partition coefficient (Wildman–Crippen LogP) is 4.65. The molecule has 0 fully saturated rings. The van der Waals surface area contributed by atoms with Crippen molar-refractivity contribution < 1.29 is 0 Å². The summed E-state index contributed by atoms with van der Waals surface area (Å²) in [6.07, 6.45) is 5.35. The van der Waals surface area contributed by atoms with Crippen LogP contribution in [0.25, 0.3) is 0 Å². The van der Waals surface area contributed by atoms with Crippen molar-refractivity contribution in [3.63, 3.8) is 0 Å². The highest BCUT2D eigenvalue weighted by atomic mass is 32.2. The molecular weight excluding hydrogens is 238 g/mol. The standard InChI is InChI=1S/C16H27NS/c1-4-5-6-7-15(3)17-12-13-18-16-10-8-14(2)9-11-16/h8-11,15,17H,4-7,12-13H2,1-3H3. The van der Waals surface area contributed by atoms with Crippen molar-refractivity contribution in [3.8, 4) is 0 Å². The molecule has 1 rings (SSSR count). The number of unbranched alkanes of at least 4 members (excludes halogenated alkanes) is 2. The number of benzene rings is 1. The Kier molecular flexibility index (Phi) is 8.19. The Bertz CT molecular complexity index is 307. The SMILES string of the molecule is CCCCCC(C)NCCSc1ccc(C)cc1. The molecule has 0 radical (unpaired) electrons. The number of nitrogens with one attached hydrogen (secondary N) is 1. The number of hydrogen-bond donors (Lipinski definition) is 1. The van der Waals surface area contributed by atoms with Gasteiger partial charge in [-0.25, -0.2) is 0 Å². The molecule has 0 bridgehead atoms. The third kappa shape index (κ3) is 7.07. The predicted molar refractivity (Wildman–Crippen MR) is 83.5 cm³/mol. The van der Waals surface area contributed by atoms with Crippen molar-refractivity contribution in [3.05, 3.63) is 29.8 Å². The van der Waals surface area contributed by atoms with E-state index in [0.717, 1.165) is 12.3 Å². The molecule has 1 aromatic rings. The van der Waals surface area contributed by atoms with E-state index in [-0.39, 0.29) is 0 Å². The molecule has 102 valence electrons. The van der Waals surface area contributed by atoms with Crippen LogP contribution in [0.15, 0.2) is 29.2 Å². The van der Waals surface area contributed by atoms with E-state index >= 15 is 0 Å². The molecule has 1 N–H and O–H groups in total. The second kappa shape index (κ2) is 9.46. The largest absolute Gasteiger partial charge is 0.313 e. The maximum Gasteiger partial charge on any atom is 0.0106 e. The lowest BCUT2D eigenvalue weighted by molar-refractivity contribution is 0.502. The maximum absolute atomic E-state index is 3.60. The minimum Gasteiger partial charge on any atom is -0.313 e. The van der Waals surface area contributed by atoms with Crippen molar-refractivity contribution in [2.24, 2.45) is 0 Å². The van der Waals surface area contributed by atoms with Crippen LogP contribution in [-0.4, -0.2) is 18.3 Å². The van der Waals surface area contributed by atoms with Gasteiger partial charge in [0, 0.05) is 23.2 Å². The van der Waals surface area contributed by atoms with Gasteiger partial charge in [0.05, 0.1) is 0 Å². The van der Waals surface area contributed by atoms with Crippen LogP contribution in [0.5, 0.6) is 0 Å². The second-order valence-corrected chi connectivity index (χ2v) is 6.18. The van der Waals surface area contributed by atoms with E-state index in [1.807, 2.05) is 11.8 Å². The molecule has 1 unspecified atom stereocenters. The Morgan fingerprint density at radius 3 is 2.56 bits per heavy atom. The van der Waals surface area contributed by atoms with Crippen LogP contribution in [-0.2, 0) is 0 Å². The molecule has 1 atom stereocenters. The van der Waals surface area contributed by atoms with Gasteiger partial charge in [0.25, 0.3) is 0 Å². The first kappa shape index (κ1) is 15.6. The fourth-order valence-corrected chi connectivity index (χ4v) is 2.70. The summed E-state index contributed by atoms with van der Waals surface area (Å²) in [7, 11) is 0. The van der Waals surface area contributed by atoms with Gasteiger partial charge >= 0.3 is 0 Å². The van der Waals surface area contributed by atoms with E-state index < -0.39 is 0 Å². The van der Waals surface area contributed by atoms with Gasteiger partial charge in [0.1, 0.15) is 0 Å². The fourth-order valence-electron chi connectivity index (χ4n) is 1.91. The maximum atomic E-state index is 3.60. The monoisotopic (exact) mass is 265 g/mol. The van der Waals surface area contributed by atoms with Crippen LogP contribution in [0.2, 0.25) is 0 Å². The Morgan fingerprint density at radius 2 is 1.89 bits per heavy atom. The molecule has 1 aromatic carbocycles. The lowest BCUT2D eigenvalue weighted by atomic mass is 10.1. The summed E-state index contributed by atoms with van der Waals surface area (Å²) in [6, 6.07) is 9.46. The zero-order valence-corrected chi connectivity index (χ0v) is 12.9. The normalized spacial score (nSPS) is 12.6. The summed E-state index contributed by atoms with van der Waals surface area (Å²) < 4.78 is 0. The van der Waals surface area contributed by atoms with E-state index in [1.165, 1.54) is 36.1 Å². The fraction of sp³-hybridized carbons (Fsp3) is 0.625. The summed E-state index contributed by atoms with van der Waals surface area (Å²) >= 11 is 1.94. The molecule has 1 nitrogen and oxygen atoms in total. The van der Waals surface area contributed by atoms with Crippen LogP contribution in [0, 0.1) is 6.92 Å². The molecule has 0 heterocycles. The first-order valence-corrected chi connectivity index (χ1v) is 8.13. The van der Waals surface area contributed by atoms with Crippen LogP contribution in [0.1, 0.15) is 45.1 Å². The van der Waals surface area contributed by atoms with Crippen LogP contribution in [0.3, 0.4) is 0 Å². The van der Waals surface area contributed by atoms with Gasteiger partial charge < -0.3 is 5.32 Å². The van der Waals surface area contributed by atoms with E-state index in [0.29, 0.717) is 6.04 Å². The molecule has 18 heavy (non-hydrogen) atoms. The highest BCUT2D eigenvalue weighted by Crippen LogP contribution is 2.17.